The number of esters is 1. The van der Waals surface area contributed by atoms with Gasteiger partial charge in [-0.3, -0.25) is 19.7 Å². The van der Waals surface area contributed by atoms with Crippen molar-refractivity contribution in [3.8, 4) is 6.07 Å². The largest absolute Gasteiger partial charge is 0.479 e. The predicted molar refractivity (Wildman–Crippen MR) is 127 cm³/mol. The number of hydrogen-bond donors (Lipinski definition) is 2. The number of hydrogen-bond acceptors (Lipinski definition) is 9. The zero-order valence-corrected chi connectivity index (χ0v) is 20.1. The summed E-state index contributed by atoms with van der Waals surface area (Å²) in [5, 5.41) is 28.5. The van der Waals surface area contributed by atoms with Crippen molar-refractivity contribution < 1.29 is 33.6 Å². The number of carbonyl (C=O) groups excluding carboxylic acids is 1. The monoisotopic (exact) mass is 527 g/mol. The minimum atomic E-state index is -1.19. The van der Waals surface area contributed by atoms with E-state index in [-0.39, 0.29) is 23.5 Å². The number of thioether (sulfide) groups is 1. The van der Waals surface area contributed by atoms with Crippen molar-refractivity contribution in [1.29, 1.82) is 5.26 Å². The third-order valence-corrected chi connectivity index (χ3v) is 5.73. The number of nitro groups is 1. The highest BCUT2D eigenvalue weighted by Gasteiger charge is 2.22. The molecule has 0 saturated carbocycles. The van der Waals surface area contributed by atoms with Crippen molar-refractivity contribution in [3.63, 3.8) is 0 Å². The molecule has 0 aromatic heterocycles. The predicted octanol–water partition coefficient (Wildman–Crippen LogP) is 3.95. The molecule has 0 aliphatic heterocycles. The van der Waals surface area contributed by atoms with Gasteiger partial charge in [-0.25, -0.2) is 9.18 Å². The minimum Gasteiger partial charge on any atom is -0.479 e. The Morgan fingerprint density at radius 3 is 2.34 bits per heavy atom. The first kappa shape index (κ1) is 29.8. The zero-order valence-electron chi connectivity index (χ0n) is 18.6. The molecule has 2 unspecified atom stereocenters. The van der Waals surface area contributed by atoms with Crippen LogP contribution in [0.1, 0.15) is 28.8 Å². The highest BCUT2D eigenvalue weighted by molar-refractivity contribution is 8.00. The second kappa shape index (κ2) is 16.4. The Morgan fingerprint density at radius 1 is 1.23 bits per heavy atom. The van der Waals surface area contributed by atoms with Crippen LogP contribution < -0.4 is 5.48 Å². The van der Waals surface area contributed by atoms with Gasteiger partial charge in [0.1, 0.15) is 5.82 Å². The number of hydroxylamine groups is 1. The van der Waals surface area contributed by atoms with Crippen LogP contribution in [-0.4, -0.2) is 48.0 Å². The van der Waals surface area contributed by atoms with E-state index in [1.54, 1.807) is 12.1 Å². The SMILES string of the molecule is COC(=O)CSC(CC#N)c1ccc(Cl)cc1.O=C(O)CONCC(c1ccc(F)cc1)[N+](=O)[O-]. The second-order valence-corrected chi connectivity index (χ2v) is 8.30. The van der Waals surface area contributed by atoms with E-state index in [2.05, 4.69) is 21.1 Å². The summed E-state index contributed by atoms with van der Waals surface area (Å²) in [6, 6.07) is 13.1. The highest BCUT2D eigenvalue weighted by atomic mass is 35.5. The number of halogens is 2. The summed E-state index contributed by atoms with van der Waals surface area (Å²) in [6.07, 6.45) is 0.350. The van der Waals surface area contributed by atoms with E-state index < -0.39 is 29.4 Å². The average molecular weight is 528 g/mol. The van der Waals surface area contributed by atoms with Crippen LogP contribution in [0, 0.1) is 27.3 Å². The van der Waals surface area contributed by atoms with Crippen molar-refractivity contribution >= 4 is 35.3 Å². The molecule has 0 amide bonds. The van der Waals surface area contributed by atoms with E-state index in [4.69, 9.17) is 22.0 Å². The van der Waals surface area contributed by atoms with Gasteiger partial charge in [0.25, 0.3) is 6.04 Å². The van der Waals surface area contributed by atoms with E-state index >= 15 is 0 Å². The summed E-state index contributed by atoms with van der Waals surface area (Å²) in [5.74, 6) is -1.73. The quantitative estimate of drug-likeness (QED) is 0.179. The van der Waals surface area contributed by atoms with Crippen molar-refractivity contribution in [2.45, 2.75) is 17.7 Å². The van der Waals surface area contributed by atoms with Gasteiger partial charge in [-0.1, -0.05) is 23.7 Å². The fourth-order valence-corrected chi connectivity index (χ4v) is 3.63. The summed E-state index contributed by atoms with van der Waals surface area (Å²) in [6.45, 7) is -0.820. The van der Waals surface area contributed by atoms with Gasteiger partial charge in [-0.2, -0.15) is 10.7 Å². The van der Waals surface area contributed by atoms with E-state index in [0.29, 0.717) is 17.0 Å². The van der Waals surface area contributed by atoms with Crippen molar-refractivity contribution in [2.24, 2.45) is 0 Å². The maximum atomic E-state index is 12.7. The molecule has 0 fully saturated rings. The molecule has 0 bridgehead atoms. The molecule has 2 aromatic carbocycles. The first-order valence-electron chi connectivity index (χ1n) is 9.94. The number of carbonyl (C=O) groups is 2. The van der Waals surface area contributed by atoms with E-state index in [9.17, 15) is 24.1 Å². The summed E-state index contributed by atoms with van der Waals surface area (Å²) in [7, 11) is 1.35. The van der Waals surface area contributed by atoms with E-state index in [0.717, 1.165) is 17.7 Å². The van der Waals surface area contributed by atoms with Crippen molar-refractivity contribution in [2.75, 3.05) is 26.0 Å². The van der Waals surface area contributed by atoms with Crippen LogP contribution in [-0.2, 0) is 19.2 Å². The lowest BCUT2D eigenvalue weighted by molar-refractivity contribution is -0.528. The minimum absolute atomic E-state index is 0.0311. The number of aliphatic carboxylic acids is 1. The standard InChI is InChI=1S/C12H12ClNO2S.C10H11FN2O5/c1-16-12(15)8-17-11(6-7-14)9-2-4-10(13)5-3-9;11-8-3-1-7(2-4-8)9(13(16)17)5-12-18-6-10(14)15/h2-5,11H,6,8H2,1H3;1-4,9,12H,5-6H2,(H,14,15). The van der Waals surface area contributed by atoms with Crippen LogP contribution in [0.15, 0.2) is 48.5 Å². The molecule has 0 radical (unpaired) electrons. The molecule has 2 rings (SSSR count). The van der Waals surface area contributed by atoms with Gasteiger partial charge < -0.3 is 9.84 Å². The third kappa shape index (κ3) is 12.2. The first-order valence-corrected chi connectivity index (χ1v) is 11.4. The number of nitriles is 1. The third-order valence-electron chi connectivity index (χ3n) is 4.23. The Bertz CT molecular complexity index is 1000. The maximum Gasteiger partial charge on any atom is 0.331 e. The Balaban J connectivity index is 0.000000351. The number of methoxy groups -OCH3 is 1. The number of nitrogens with one attached hydrogen (secondary N) is 1. The molecule has 188 valence electrons. The van der Waals surface area contributed by atoms with Crippen LogP contribution in [0.2, 0.25) is 5.02 Å². The summed E-state index contributed by atoms with van der Waals surface area (Å²) < 4.78 is 17.2. The Labute approximate surface area is 210 Å². The van der Waals surface area contributed by atoms with Gasteiger partial charge in [0.05, 0.1) is 31.9 Å². The van der Waals surface area contributed by atoms with Crippen LogP contribution in [0.3, 0.4) is 0 Å². The van der Waals surface area contributed by atoms with Crippen molar-refractivity contribution in [3.05, 3.63) is 80.6 Å². The van der Waals surface area contributed by atoms with Crippen LogP contribution in [0.4, 0.5) is 4.39 Å². The molecule has 0 aliphatic carbocycles. The van der Waals surface area contributed by atoms with Crippen LogP contribution >= 0.6 is 23.4 Å². The summed E-state index contributed by atoms with van der Waals surface area (Å²) in [4.78, 5) is 35.9. The molecule has 13 heteroatoms. The van der Waals surface area contributed by atoms with Crippen LogP contribution in [0.5, 0.6) is 0 Å². The molecule has 0 spiro atoms. The molecule has 0 saturated heterocycles. The number of benzene rings is 2. The number of carboxylic acids is 1. The first-order chi connectivity index (χ1) is 16.7. The average Bonchev–Trinajstić information content (AvgIpc) is 2.83. The summed E-state index contributed by atoms with van der Waals surface area (Å²) >= 11 is 7.20. The zero-order chi connectivity index (χ0) is 26.2. The molecular formula is C22H23ClFN3O7S. The van der Waals surface area contributed by atoms with Gasteiger partial charge in [0.15, 0.2) is 6.61 Å². The highest BCUT2D eigenvalue weighted by Crippen LogP contribution is 2.32. The Kier molecular flexibility index (Phi) is 14.0. The molecule has 0 aliphatic rings. The normalized spacial score (nSPS) is 11.8. The molecule has 2 aromatic rings. The molecule has 10 nitrogen and oxygen atoms in total. The molecule has 2 atom stereocenters. The Morgan fingerprint density at radius 2 is 1.83 bits per heavy atom. The van der Waals surface area contributed by atoms with E-state index in [1.807, 2.05) is 12.1 Å². The number of ether oxygens (including phenoxy) is 1. The number of carboxylic acid groups (broad SMARTS) is 1. The Hall–Kier alpha value is -3.24. The second-order valence-electron chi connectivity index (χ2n) is 6.67. The van der Waals surface area contributed by atoms with Gasteiger partial charge in [0, 0.05) is 20.8 Å². The topological polar surface area (TPSA) is 152 Å². The van der Waals surface area contributed by atoms with Crippen LogP contribution in [0.25, 0.3) is 0 Å². The molecule has 35 heavy (non-hydrogen) atoms. The lowest BCUT2D eigenvalue weighted by atomic mass is 10.1. The van der Waals surface area contributed by atoms with Crippen molar-refractivity contribution in [1.82, 2.24) is 5.48 Å². The molecule has 0 heterocycles. The van der Waals surface area contributed by atoms with E-state index in [1.165, 1.54) is 31.0 Å². The molecular weight excluding hydrogens is 505 g/mol. The lowest BCUT2D eigenvalue weighted by Crippen LogP contribution is -2.28. The lowest BCUT2D eigenvalue weighted by Gasteiger charge is -2.13. The fourth-order valence-electron chi connectivity index (χ4n) is 2.51. The van der Waals surface area contributed by atoms with Gasteiger partial charge >= 0.3 is 11.9 Å². The van der Waals surface area contributed by atoms with Gasteiger partial charge in [-0.15, -0.1) is 11.8 Å². The fraction of sp³-hybridized carbons (Fsp3) is 0.318. The van der Waals surface area contributed by atoms with Gasteiger partial charge in [-0.05, 0) is 42.0 Å². The summed E-state index contributed by atoms with van der Waals surface area (Å²) in [5.41, 5.74) is 3.48. The molecule has 2 N–H and O–H groups in total. The smallest absolute Gasteiger partial charge is 0.331 e. The maximum absolute atomic E-state index is 12.7. The van der Waals surface area contributed by atoms with Gasteiger partial charge in [0.2, 0.25) is 0 Å². The number of rotatable bonds is 12. The number of nitrogens with zero attached hydrogens (tertiary/aromatic N) is 2.